The summed E-state index contributed by atoms with van der Waals surface area (Å²) in [6, 6.07) is 9.96. The topological polar surface area (TPSA) is 119 Å². The average Bonchev–Trinajstić information content (AvgIpc) is 3.18. The number of anilines is 2. The Hall–Kier alpha value is -3.40. The van der Waals surface area contributed by atoms with Gasteiger partial charge in [0, 0.05) is 13.0 Å². The van der Waals surface area contributed by atoms with Crippen molar-refractivity contribution in [3.8, 4) is 0 Å². The monoisotopic (exact) mass is 432 g/mol. The Kier molecular flexibility index (Phi) is 6.06. The van der Waals surface area contributed by atoms with Gasteiger partial charge in [-0.05, 0) is 36.8 Å². The molecular formula is C20H20N2O7S. The third-order valence-corrected chi connectivity index (χ3v) is 6.02. The van der Waals surface area contributed by atoms with Gasteiger partial charge in [-0.2, -0.15) is 0 Å². The summed E-state index contributed by atoms with van der Waals surface area (Å²) in [6.45, 7) is 0.475. The molecule has 0 unspecified atom stereocenters. The Morgan fingerprint density at radius 1 is 1.03 bits per heavy atom. The second-order valence-corrected chi connectivity index (χ2v) is 8.12. The van der Waals surface area contributed by atoms with Crippen molar-refractivity contribution in [1.29, 1.82) is 0 Å². The Morgan fingerprint density at radius 3 is 2.37 bits per heavy atom. The highest BCUT2D eigenvalue weighted by Gasteiger charge is 2.28. The second kappa shape index (κ2) is 8.54. The number of rotatable bonds is 6. The summed E-state index contributed by atoms with van der Waals surface area (Å²) in [4.78, 5) is 37.2. The highest BCUT2D eigenvalue weighted by molar-refractivity contribution is 7.92. The molecule has 1 aliphatic heterocycles. The van der Waals surface area contributed by atoms with Crippen molar-refractivity contribution in [2.75, 3.05) is 30.4 Å². The molecule has 1 N–H and O–H groups in total. The van der Waals surface area contributed by atoms with Crippen LogP contribution < -0.4 is 9.62 Å². The number of methoxy groups -OCH3 is 2. The smallest absolute Gasteiger partial charge is 0.339 e. The van der Waals surface area contributed by atoms with Gasteiger partial charge in [0.25, 0.3) is 10.0 Å². The van der Waals surface area contributed by atoms with E-state index in [9.17, 15) is 22.8 Å². The lowest BCUT2D eigenvalue weighted by atomic mass is 10.1. The largest absolute Gasteiger partial charge is 0.465 e. The van der Waals surface area contributed by atoms with Crippen LogP contribution in [0.3, 0.4) is 0 Å². The van der Waals surface area contributed by atoms with Crippen LogP contribution >= 0.6 is 0 Å². The molecule has 0 bridgehead atoms. The molecule has 0 aromatic heterocycles. The number of esters is 2. The Morgan fingerprint density at radius 2 is 1.73 bits per heavy atom. The van der Waals surface area contributed by atoms with Crippen molar-refractivity contribution in [2.24, 2.45) is 0 Å². The molecule has 3 rings (SSSR count). The van der Waals surface area contributed by atoms with E-state index < -0.39 is 26.9 Å². The number of nitrogens with one attached hydrogen (secondary N) is 1. The molecule has 9 nitrogen and oxygen atoms in total. The van der Waals surface area contributed by atoms with E-state index in [2.05, 4.69) is 14.2 Å². The van der Waals surface area contributed by atoms with Crippen LogP contribution in [0.4, 0.5) is 11.4 Å². The predicted molar refractivity (Wildman–Crippen MR) is 108 cm³/mol. The minimum atomic E-state index is -4.33. The molecule has 158 valence electrons. The van der Waals surface area contributed by atoms with Crippen molar-refractivity contribution in [3.63, 3.8) is 0 Å². The van der Waals surface area contributed by atoms with Crippen LogP contribution in [0.15, 0.2) is 47.4 Å². The minimum Gasteiger partial charge on any atom is -0.465 e. The van der Waals surface area contributed by atoms with Crippen LogP contribution in [0, 0.1) is 0 Å². The number of nitrogens with zero attached hydrogens (tertiary/aromatic N) is 1. The maximum atomic E-state index is 13.2. The quantitative estimate of drug-likeness (QED) is 0.695. The molecule has 0 spiro atoms. The number of para-hydroxylation sites is 2. The highest BCUT2D eigenvalue weighted by atomic mass is 32.2. The third kappa shape index (κ3) is 4.13. The first kappa shape index (κ1) is 21.3. The van der Waals surface area contributed by atoms with Gasteiger partial charge in [-0.15, -0.1) is 0 Å². The Labute approximate surface area is 173 Å². The number of hydrogen-bond donors (Lipinski definition) is 1. The van der Waals surface area contributed by atoms with Crippen LogP contribution in [0.1, 0.15) is 33.6 Å². The molecular weight excluding hydrogens is 412 g/mol. The summed E-state index contributed by atoms with van der Waals surface area (Å²) in [5.41, 5.74) is 0.292. The molecule has 0 aliphatic carbocycles. The van der Waals surface area contributed by atoms with E-state index in [1.54, 1.807) is 18.2 Å². The number of benzene rings is 2. The molecule has 0 atom stereocenters. The summed E-state index contributed by atoms with van der Waals surface area (Å²) in [5.74, 6) is -1.75. The van der Waals surface area contributed by atoms with Gasteiger partial charge >= 0.3 is 11.9 Å². The van der Waals surface area contributed by atoms with E-state index in [1.165, 1.54) is 23.1 Å². The molecule has 10 heteroatoms. The first-order chi connectivity index (χ1) is 14.3. The third-order valence-electron chi connectivity index (χ3n) is 4.61. The normalized spacial score (nSPS) is 13.8. The lowest BCUT2D eigenvalue weighted by molar-refractivity contribution is -0.117. The summed E-state index contributed by atoms with van der Waals surface area (Å²) < 4.78 is 38.1. The number of carbonyl (C=O) groups excluding carboxylic acids is 3. The van der Waals surface area contributed by atoms with Gasteiger partial charge in [0.15, 0.2) is 0 Å². The average molecular weight is 432 g/mol. The molecule has 1 saturated heterocycles. The molecule has 0 saturated carbocycles. The zero-order valence-corrected chi connectivity index (χ0v) is 17.2. The Bertz CT molecular complexity index is 1110. The van der Waals surface area contributed by atoms with E-state index in [0.29, 0.717) is 25.1 Å². The fourth-order valence-electron chi connectivity index (χ4n) is 3.17. The van der Waals surface area contributed by atoms with E-state index in [-0.39, 0.29) is 22.7 Å². The van der Waals surface area contributed by atoms with Gasteiger partial charge in [-0.1, -0.05) is 12.1 Å². The van der Waals surface area contributed by atoms with Crippen LogP contribution in [0.5, 0.6) is 0 Å². The van der Waals surface area contributed by atoms with Crippen molar-refractivity contribution in [3.05, 3.63) is 53.6 Å². The standard InChI is InChI=1S/C20H20N2O7S/c1-28-19(24)13-9-10-14(20(25)29-2)17(12-13)30(26,27)21-15-6-3-4-7-16(15)22-11-5-8-18(22)23/h3-4,6-7,9-10,12,21H,5,8,11H2,1-2H3. The van der Waals surface area contributed by atoms with Crippen LogP contribution in [0.25, 0.3) is 0 Å². The van der Waals surface area contributed by atoms with Gasteiger partial charge in [0.2, 0.25) is 5.91 Å². The number of hydrogen-bond acceptors (Lipinski definition) is 7. The van der Waals surface area contributed by atoms with E-state index in [4.69, 9.17) is 0 Å². The second-order valence-electron chi connectivity index (χ2n) is 6.47. The molecule has 2 aromatic carbocycles. The molecule has 0 radical (unpaired) electrons. The summed E-state index contributed by atoms with van der Waals surface area (Å²) in [6.07, 6.45) is 1.06. The van der Waals surface area contributed by atoms with Crippen molar-refractivity contribution in [1.82, 2.24) is 0 Å². The number of carbonyl (C=O) groups is 3. The van der Waals surface area contributed by atoms with Gasteiger partial charge in [0.1, 0.15) is 4.90 Å². The van der Waals surface area contributed by atoms with Crippen LogP contribution in [-0.4, -0.2) is 47.0 Å². The zero-order valence-electron chi connectivity index (χ0n) is 16.4. The Balaban J connectivity index is 2.07. The summed E-state index contributed by atoms with van der Waals surface area (Å²) in [5, 5.41) is 0. The predicted octanol–water partition coefficient (Wildman–Crippen LogP) is 2.19. The summed E-state index contributed by atoms with van der Waals surface area (Å²) >= 11 is 0. The van der Waals surface area contributed by atoms with Crippen molar-refractivity contribution < 1.29 is 32.3 Å². The molecule has 30 heavy (non-hydrogen) atoms. The maximum absolute atomic E-state index is 13.2. The number of amides is 1. The molecule has 1 aliphatic rings. The van der Waals surface area contributed by atoms with Crippen LogP contribution in [-0.2, 0) is 24.3 Å². The van der Waals surface area contributed by atoms with Gasteiger partial charge in [0.05, 0.1) is 36.7 Å². The lowest BCUT2D eigenvalue weighted by Crippen LogP contribution is -2.26. The SMILES string of the molecule is COC(=O)c1ccc(C(=O)OC)c(S(=O)(=O)Nc2ccccc2N2CCCC2=O)c1. The van der Waals surface area contributed by atoms with E-state index >= 15 is 0 Å². The molecule has 1 heterocycles. The molecule has 1 fully saturated rings. The maximum Gasteiger partial charge on any atom is 0.339 e. The first-order valence-corrected chi connectivity index (χ1v) is 10.5. The number of sulfonamides is 1. The fourth-order valence-corrected chi connectivity index (χ4v) is 4.46. The van der Waals surface area contributed by atoms with Crippen LogP contribution in [0.2, 0.25) is 0 Å². The van der Waals surface area contributed by atoms with Crippen molar-refractivity contribution in [2.45, 2.75) is 17.7 Å². The molecule has 2 aromatic rings. The van der Waals surface area contributed by atoms with E-state index in [0.717, 1.165) is 20.3 Å². The van der Waals surface area contributed by atoms with Gasteiger partial charge < -0.3 is 14.4 Å². The highest BCUT2D eigenvalue weighted by Crippen LogP contribution is 2.32. The minimum absolute atomic E-state index is 0.0477. The van der Waals surface area contributed by atoms with Gasteiger partial charge in [-0.3, -0.25) is 9.52 Å². The van der Waals surface area contributed by atoms with Gasteiger partial charge in [-0.25, -0.2) is 18.0 Å². The zero-order chi connectivity index (χ0) is 21.9. The fraction of sp³-hybridized carbons (Fsp3) is 0.250. The first-order valence-electron chi connectivity index (χ1n) is 9.01. The summed E-state index contributed by atoms with van der Waals surface area (Å²) in [7, 11) is -2.05. The number of ether oxygens (including phenoxy) is 2. The van der Waals surface area contributed by atoms with E-state index in [1.807, 2.05) is 0 Å². The molecule has 1 amide bonds. The lowest BCUT2D eigenvalue weighted by Gasteiger charge is -2.21. The van der Waals surface area contributed by atoms with Crippen molar-refractivity contribution >= 4 is 39.2 Å².